The first-order chi connectivity index (χ1) is 16.0. The fraction of sp³-hybridized carbons (Fsp3) is 0.462. The van der Waals surface area contributed by atoms with Crippen LogP contribution in [0.4, 0.5) is 5.69 Å². The van der Waals surface area contributed by atoms with E-state index in [2.05, 4.69) is 5.32 Å². The Morgan fingerprint density at radius 3 is 2.26 bits per heavy atom. The molecule has 0 aromatic heterocycles. The van der Waals surface area contributed by atoms with Gasteiger partial charge in [-0.25, -0.2) is 8.42 Å². The van der Waals surface area contributed by atoms with Gasteiger partial charge in [0.05, 0.1) is 11.9 Å². The van der Waals surface area contributed by atoms with E-state index in [1.807, 2.05) is 64.1 Å². The first kappa shape index (κ1) is 27.4. The summed E-state index contributed by atoms with van der Waals surface area (Å²) in [6, 6.07) is 12.8. The molecule has 0 aliphatic heterocycles. The summed E-state index contributed by atoms with van der Waals surface area (Å²) >= 11 is 0. The molecule has 0 saturated heterocycles. The van der Waals surface area contributed by atoms with E-state index in [-0.39, 0.29) is 24.8 Å². The molecule has 0 radical (unpaired) electrons. The average Bonchev–Trinajstić information content (AvgIpc) is 2.77. The number of carbonyl (C=O) groups is 2. The number of sulfonamides is 1. The highest BCUT2D eigenvalue weighted by Crippen LogP contribution is 2.25. The second kappa shape index (κ2) is 12.0. The highest BCUT2D eigenvalue weighted by atomic mass is 32.2. The number of carbonyl (C=O) groups excluding carboxylic acids is 2. The molecule has 2 aromatic rings. The maximum atomic E-state index is 13.2. The molecule has 0 aliphatic carbocycles. The standard InChI is InChI=1S/C26H37N3O4S/c1-7-27-26(31)22(5)28(18-23-15-13-19(2)14-16-23)25(30)12-9-17-29(34(6,32)33)24-11-8-10-20(3)21(24)4/h8,10-11,13-16,22H,7,9,12,17-18H2,1-6H3,(H,27,31)/t22-/m1/s1. The molecule has 2 amide bonds. The van der Waals surface area contributed by atoms with Crippen LogP contribution in [0, 0.1) is 20.8 Å². The third-order valence-electron chi connectivity index (χ3n) is 5.99. The largest absolute Gasteiger partial charge is 0.355 e. The number of nitrogens with zero attached hydrogens (tertiary/aromatic N) is 2. The summed E-state index contributed by atoms with van der Waals surface area (Å²) in [4.78, 5) is 27.3. The van der Waals surface area contributed by atoms with Crippen LogP contribution in [-0.4, -0.2) is 50.5 Å². The van der Waals surface area contributed by atoms with Crippen LogP contribution in [0.2, 0.25) is 0 Å². The van der Waals surface area contributed by atoms with Gasteiger partial charge in [0.1, 0.15) is 6.04 Å². The fourth-order valence-corrected chi connectivity index (χ4v) is 4.80. The summed E-state index contributed by atoms with van der Waals surface area (Å²) in [6.45, 7) is 10.4. The zero-order valence-electron chi connectivity index (χ0n) is 21.1. The number of rotatable bonds is 11. The Bertz CT molecular complexity index is 1100. The van der Waals surface area contributed by atoms with Gasteiger partial charge in [-0.2, -0.15) is 0 Å². The first-order valence-corrected chi connectivity index (χ1v) is 13.5. The number of amides is 2. The molecule has 8 heteroatoms. The fourth-order valence-electron chi connectivity index (χ4n) is 3.78. The molecule has 1 N–H and O–H groups in total. The van der Waals surface area contributed by atoms with Gasteiger partial charge >= 0.3 is 0 Å². The maximum absolute atomic E-state index is 13.2. The van der Waals surface area contributed by atoms with Crippen molar-refractivity contribution in [1.29, 1.82) is 0 Å². The number of hydrogen-bond donors (Lipinski definition) is 1. The summed E-state index contributed by atoms with van der Waals surface area (Å²) in [5.41, 5.74) is 4.57. The minimum Gasteiger partial charge on any atom is -0.355 e. The van der Waals surface area contributed by atoms with Gasteiger partial charge < -0.3 is 10.2 Å². The monoisotopic (exact) mass is 487 g/mol. The number of hydrogen-bond acceptors (Lipinski definition) is 4. The van der Waals surface area contributed by atoms with Crippen LogP contribution in [0.15, 0.2) is 42.5 Å². The van der Waals surface area contributed by atoms with Gasteiger partial charge in [0.2, 0.25) is 21.8 Å². The van der Waals surface area contributed by atoms with Crippen LogP contribution in [0.25, 0.3) is 0 Å². The molecule has 1 atom stereocenters. The van der Waals surface area contributed by atoms with Crippen molar-refractivity contribution in [3.63, 3.8) is 0 Å². The zero-order valence-corrected chi connectivity index (χ0v) is 21.9. The molecule has 0 heterocycles. The highest BCUT2D eigenvalue weighted by Gasteiger charge is 2.26. The second-order valence-corrected chi connectivity index (χ2v) is 10.6. The lowest BCUT2D eigenvalue weighted by atomic mass is 10.1. The van der Waals surface area contributed by atoms with E-state index in [4.69, 9.17) is 0 Å². The predicted molar refractivity (Wildman–Crippen MR) is 137 cm³/mol. The molecular formula is C26H37N3O4S. The minimum atomic E-state index is -3.52. The van der Waals surface area contributed by atoms with Gasteiger partial charge in [-0.15, -0.1) is 0 Å². The summed E-state index contributed by atoms with van der Waals surface area (Å²) < 4.78 is 26.4. The van der Waals surface area contributed by atoms with Gasteiger partial charge in [0.15, 0.2) is 0 Å². The Kier molecular flexibility index (Phi) is 9.67. The molecular weight excluding hydrogens is 450 g/mol. The first-order valence-electron chi connectivity index (χ1n) is 11.6. The Morgan fingerprint density at radius 2 is 1.68 bits per heavy atom. The summed E-state index contributed by atoms with van der Waals surface area (Å²) in [5.74, 6) is -0.398. The van der Waals surface area contributed by atoms with Crippen molar-refractivity contribution >= 4 is 27.5 Å². The van der Waals surface area contributed by atoms with E-state index in [0.717, 1.165) is 22.3 Å². The third-order valence-corrected chi connectivity index (χ3v) is 7.17. The number of benzene rings is 2. The van der Waals surface area contributed by atoms with Crippen molar-refractivity contribution in [2.45, 2.75) is 60.0 Å². The molecule has 0 unspecified atom stereocenters. The maximum Gasteiger partial charge on any atom is 0.242 e. The lowest BCUT2D eigenvalue weighted by Crippen LogP contribution is -2.47. The number of aryl methyl sites for hydroxylation is 2. The van der Waals surface area contributed by atoms with Crippen LogP contribution >= 0.6 is 0 Å². The second-order valence-electron chi connectivity index (χ2n) is 8.74. The molecule has 0 spiro atoms. The van der Waals surface area contributed by atoms with Crippen LogP contribution in [0.3, 0.4) is 0 Å². The number of likely N-dealkylation sites (N-methyl/N-ethyl adjacent to an activating group) is 1. The van der Waals surface area contributed by atoms with Crippen molar-refractivity contribution in [2.75, 3.05) is 23.7 Å². The lowest BCUT2D eigenvalue weighted by molar-refractivity contribution is -0.140. The van der Waals surface area contributed by atoms with Gasteiger partial charge in [-0.05, 0) is 63.8 Å². The highest BCUT2D eigenvalue weighted by molar-refractivity contribution is 7.92. The minimum absolute atomic E-state index is 0.131. The summed E-state index contributed by atoms with van der Waals surface area (Å²) in [6.07, 6.45) is 1.65. The van der Waals surface area contributed by atoms with Crippen LogP contribution in [0.1, 0.15) is 48.9 Å². The summed E-state index contributed by atoms with van der Waals surface area (Å²) in [5, 5.41) is 2.78. The molecule has 2 aromatic carbocycles. The van der Waals surface area contributed by atoms with Crippen molar-refractivity contribution < 1.29 is 18.0 Å². The van der Waals surface area contributed by atoms with Crippen molar-refractivity contribution in [2.24, 2.45) is 0 Å². The molecule has 0 bridgehead atoms. The van der Waals surface area contributed by atoms with Crippen LogP contribution < -0.4 is 9.62 Å². The molecule has 0 aliphatic rings. The van der Waals surface area contributed by atoms with E-state index >= 15 is 0 Å². The molecule has 7 nitrogen and oxygen atoms in total. The number of anilines is 1. The van der Waals surface area contributed by atoms with Gasteiger partial charge in [-0.1, -0.05) is 42.0 Å². The quantitative estimate of drug-likeness (QED) is 0.523. The van der Waals surface area contributed by atoms with Crippen molar-refractivity contribution in [3.8, 4) is 0 Å². The van der Waals surface area contributed by atoms with E-state index in [9.17, 15) is 18.0 Å². The lowest BCUT2D eigenvalue weighted by Gasteiger charge is -2.29. The number of nitrogens with one attached hydrogen (secondary N) is 1. The Morgan fingerprint density at radius 1 is 1.03 bits per heavy atom. The molecule has 34 heavy (non-hydrogen) atoms. The SMILES string of the molecule is CCNC(=O)[C@@H](C)N(Cc1ccc(C)cc1)C(=O)CCCN(c1cccc(C)c1C)S(C)(=O)=O. The molecule has 2 rings (SSSR count). The van der Waals surface area contributed by atoms with Gasteiger partial charge in [0.25, 0.3) is 0 Å². The average molecular weight is 488 g/mol. The van der Waals surface area contributed by atoms with E-state index < -0.39 is 16.1 Å². The Labute approximate surface area is 204 Å². The molecule has 0 saturated carbocycles. The van der Waals surface area contributed by atoms with Crippen LogP contribution in [-0.2, 0) is 26.2 Å². The van der Waals surface area contributed by atoms with E-state index in [0.29, 0.717) is 25.2 Å². The van der Waals surface area contributed by atoms with Crippen molar-refractivity contribution in [3.05, 3.63) is 64.7 Å². The predicted octanol–water partition coefficient (Wildman–Crippen LogP) is 3.71. The Balaban J connectivity index is 2.18. The van der Waals surface area contributed by atoms with E-state index in [1.165, 1.54) is 10.6 Å². The van der Waals surface area contributed by atoms with Gasteiger partial charge in [-0.3, -0.25) is 13.9 Å². The van der Waals surface area contributed by atoms with E-state index in [1.54, 1.807) is 17.9 Å². The third kappa shape index (κ3) is 7.32. The normalized spacial score (nSPS) is 12.2. The molecule has 0 fully saturated rings. The Hall–Kier alpha value is -2.87. The van der Waals surface area contributed by atoms with Crippen molar-refractivity contribution in [1.82, 2.24) is 10.2 Å². The smallest absolute Gasteiger partial charge is 0.242 e. The molecule has 186 valence electrons. The van der Waals surface area contributed by atoms with Gasteiger partial charge in [0, 0.05) is 26.1 Å². The topological polar surface area (TPSA) is 86.8 Å². The summed E-state index contributed by atoms with van der Waals surface area (Å²) in [7, 11) is -3.52. The van der Waals surface area contributed by atoms with Crippen LogP contribution in [0.5, 0.6) is 0 Å². The zero-order chi connectivity index (χ0) is 25.5.